The number of carbonyl (C=O) groups excluding carboxylic acids is 2. The largest absolute Gasteiger partial charge is 0.344 e. The summed E-state index contributed by atoms with van der Waals surface area (Å²) in [7, 11) is 1.86. The Hall–Kier alpha value is -2.41. The molecule has 31 heavy (non-hydrogen) atoms. The highest BCUT2D eigenvalue weighted by atomic mass is 16.2. The topological polar surface area (TPSA) is 61.7 Å². The second kappa shape index (κ2) is 8.26. The number of carbonyl (C=O) groups is 2. The molecule has 1 aromatic heterocycles. The van der Waals surface area contributed by atoms with Gasteiger partial charge < -0.3 is 19.3 Å². The van der Waals surface area contributed by atoms with E-state index in [0.29, 0.717) is 18.9 Å². The summed E-state index contributed by atoms with van der Waals surface area (Å²) in [5.41, 5.74) is 2.20. The van der Waals surface area contributed by atoms with Crippen LogP contribution in [0, 0.1) is 11.8 Å². The Kier molecular flexibility index (Phi) is 5.46. The quantitative estimate of drug-likeness (QED) is 0.740. The lowest BCUT2D eigenvalue weighted by Gasteiger charge is -2.56. The number of nitrogens with zero attached hydrogens (tertiary/aromatic N) is 5. The fraction of sp³-hybridized carbons (Fsp3) is 0.625. The van der Waals surface area contributed by atoms with Crippen molar-refractivity contribution in [3.8, 4) is 0 Å². The van der Waals surface area contributed by atoms with E-state index in [1.807, 2.05) is 37.3 Å². The molecular formula is C24H33N5O2. The fourth-order valence-corrected chi connectivity index (χ4v) is 6.07. The minimum atomic E-state index is -0.295. The van der Waals surface area contributed by atoms with Gasteiger partial charge in [0.1, 0.15) is 6.04 Å². The van der Waals surface area contributed by atoms with Crippen LogP contribution >= 0.6 is 0 Å². The van der Waals surface area contributed by atoms with Crippen molar-refractivity contribution in [2.75, 3.05) is 33.2 Å². The fourth-order valence-electron chi connectivity index (χ4n) is 6.07. The van der Waals surface area contributed by atoms with E-state index in [1.54, 1.807) is 4.90 Å². The van der Waals surface area contributed by atoms with Gasteiger partial charge in [-0.1, -0.05) is 12.1 Å². The Morgan fingerprint density at radius 2 is 2.00 bits per heavy atom. The molecule has 0 spiro atoms. The van der Waals surface area contributed by atoms with Gasteiger partial charge in [0.05, 0.1) is 17.4 Å². The summed E-state index contributed by atoms with van der Waals surface area (Å²) >= 11 is 0. The maximum Gasteiger partial charge on any atom is 0.245 e. The SMILES string of the molecule is CCN(C)C(=O)[C@H]1[C@H]2C[C@H](CN(CCn3cnc4ccccc43)C2)[C@@H]2CCCC(=O)N21. The minimum Gasteiger partial charge on any atom is -0.344 e. The van der Waals surface area contributed by atoms with E-state index < -0.39 is 0 Å². The first-order valence-corrected chi connectivity index (χ1v) is 11.7. The Morgan fingerprint density at radius 1 is 1.19 bits per heavy atom. The van der Waals surface area contributed by atoms with Gasteiger partial charge in [0.15, 0.2) is 0 Å². The molecule has 2 amide bonds. The molecule has 3 aliphatic heterocycles. The zero-order chi connectivity index (χ0) is 21.5. The molecule has 4 heterocycles. The zero-order valence-electron chi connectivity index (χ0n) is 18.6. The molecule has 2 bridgehead atoms. The average Bonchev–Trinajstić information content (AvgIpc) is 3.21. The average molecular weight is 424 g/mol. The molecule has 5 rings (SSSR count). The number of likely N-dealkylation sites (N-methyl/N-ethyl adjacent to an activating group) is 1. The van der Waals surface area contributed by atoms with Crippen molar-refractivity contribution in [2.45, 2.75) is 51.2 Å². The molecule has 3 saturated heterocycles. The molecule has 0 saturated carbocycles. The van der Waals surface area contributed by atoms with E-state index in [1.165, 1.54) is 5.52 Å². The molecular weight excluding hydrogens is 390 g/mol. The van der Waals surface area contributed by atoms with E-state index in [4.69, 9.17) is 0 Å². The summed E-state index contributed by atoms with van der Waals surface area (Å²) < 4.78 is 2.23. The third-order valence-electron chi connectivity index (χ3n) is 7.71. The number of para-hydroxylation sites is 2. The minimum absolute atomic E-state index is 0.119. The van der Waals surface area contributed by atoms with Crippen LogP contribution < -0.4 is 0 Å². The van der Waals surface area contributed by atoms with E-state index >= 15 is 0 Å². The van der Waals surface area contributed by atoms with Crippen molar-refractivity contribution < 1.29 is 9.59 Å². The molecule has 0 radical (unpaired) electrons. The molecule has 2 aromatic rings. The smallest absolute Gasteiger partial charge is 0.245 e. The van der Waals surface area contributed by atoms with Gasteiger partial charge in [0.2, 0.25) is 11.8 Å². The predicted molar refractivity (Wildman–Crippen MR) is 119 cm³/mol. The first kappa shape index (κ1) is 20.5. The zero-order valence-corrected chi connectivity index (χ0v) is 18.6. The molecule has 1 aromatic carbocycles. The van der Waals surface area contributed by atoms with Crippen LogP contribution in [-0.2, 0) is 16.1 Å². The number of rotatable bonds is 5. The number of amides is 2. The van der Waals surface area contributed by atoms with Gasteiger partial charge >= 0.3 is 0 Å². The normalized spacial score (nSPS) is 28.6. The van der Waals surface area contributed by atoms with Crippen molar-refractivity contribution in [1.29, 1.82) is 0 Å². The van der Waals surface area contributed by atoms with Crippen LogP contribution in [0.1, 0.15) is 32.6 Å². The van der Waals surface area contributed by atoms with Crippen LogP contribution in [0.4, 0.5) is 0 Å². The second-order valence-electron chi connectivity index (χ2n) is 9.50. The van der Waals surface area contributed by atoms with Crippen LogP contribution in [0.25, 0.3) is 11.0 Å². The Balaban J connectivity index is 1.35. The number of imidazole rings is 1. The molecule has 0 unspecified atom stereocenters. The molecule has 3 aliphatic rings. The number of hydrogen-bond donors (Lipinski definition) is 0. The van der Waals surface area contributed by atoms with E-state index in [-0.39, 0.29) is 29.8 Å². The lowest BCUT2D eigenvalue weighted by molar-refractivity contribution is -0.164. The third-order valence-corrected chi connectivity index (χ3v) is 7.71. The van der Waals surface area contributed by atoms with Gasteiger partial charge in [-0.2, -0.15) is 0 Å². The van der Waals surface area contributed by atoms with E-state index in [0.717, 1.165) is 51.0 Å². The molecule has 4 atom stereocenters. The molecule has 0 N–H and O–H groups in total. The lowest BCUT2D eigenvalue weighted by atomic mass is 9.71. The predicted octanol–water partition coefficient (Wildman–Crippen LogP) is 2.22. The van der Waals surface area contributed by atoms with Gasteiger partial charge in [0, 0.05) is 58.2 Å². The van der Waals surface area contributed by atoms with Crippen molar-refractivity contribution in [2.24, 2.45) is 11.8 Å². The summed E-state index contributed by atoms with van der Waals surface area (Å²) in [5, 5.41) is 0. The first-order valence-electron chi connectivity index (χ1n) is 11.7. The van der Waals surface area contributed by atoms with Crippen molar-refractivity contribution in [3.05, 3.63) is 30.6 Å². The monoisotopic (exact) mass is 423 g/mol. The van der Waals surface area contributed by atoms with Gasteiger partial charge in [-0.05, 0) is 44.2 Å². The lowest BCUT2D eigenvalue weighted by Crippen LogP contribution is -2.68. The maximum absolute atomic E-state index is 13.3. The van der Waals surface area contributed by atoms with Crippen molar-refractivity contribution in [3.63, 3.8) is 0 Å². The van der Waals surface area contributed by atoms with Gasteiger partial charge in [-0.3, -0.25) is 9.59 Å². The van der Waals surface area contributed by atoms with Crippen LogP contribution in [0.5, 0.6) is 0 Å². The summed E-state index contributed by atoms with van der Waals surface area (Å²) in [4.78, 5) is 37.1. The summed E-state index contributed by atoms with van der Waals surface area (Å²) in [6.45, 7) is 6.41. The van der Waals surface area contributed by atoms with Crippen molar-refractivity contribution >= 4 is 22.8 Å². The summed E-state index contributed by atoms with van der Waals surface area (Å²) in [6.07, 6.45) is 5.56. The van der Waals surface area contributed by atoms with E-state index in [2.05, 4.69) is 26.6 Å². The highest BCUT2D eigenvalue weighted by molar-refractivity contribution is 5.89. The van der Waals surface area contributed by atoms with Crippen LogP contribution in [0.2, 0.25) is 0 Å². The number of hydrogen-bond acceptors (Lipinski definition) is 4. The maximum atomic E-state index is 13.3. The standard InChI is InChI=1S/C24H33N5O2/c1-3-26(2)24(31)23-18-13-17(20-9-6-10-22(30)29(20)23)14-27(15-18)11-12-28-16-25-19-7-4-5-8-21(19)28/h4-5,7-8,16-18,20,23H,3,6,9-15H2,1-2H3/t17-,18+,20+,23-/m1/s1. The van der Waals surface area contributed by atoms with Crippen LogP contribution in [-0.4, -0.2) is 81.4 Å². The van der Waals surface area contributed by atoms with Gasteiger partial charge in [-0.25, -0.2) is 4.98 Å². The third kappa shape index (κ3) is 3.63. The number of piperidine rings is 3. The Bertz CT molecular complexity index is 972. The van der Waals surface area contributed by atoms with E-state index in [9.17, 15) is 9.59 Å². The number of fused-ring (bicyclic) bond motifs is 5. The van der Waals surface area contributed by atoms with Gasteiger partial charge in [0.25, 0.3) is 0 Å². The summed E-state index contributed by atoms with van der Waals surface area (Å²) in [5.74, 6) is 0.998. The van der Waals surface area contributed by atoms with Crippen LogP contribution in [0.3, 0.4) is 0 Å². The molecule has 0 aliphatic carbocycles. The molecule has 3 fully saturated rings. The first-order chi connectivity index (χ1) is 15.1. The van der Waals surface area contributed by atoms with Crippen molar-refractivity contribution in [1.82, 2.24) is 24.3 Å². The number of aromatic nitrogens is 2. The number of benzene rings is 1. The molecule has 7 nitrogen and oxygen atoms in total. The molecule has 7 heteroatoms. The second-order valence-corrected chi connectivity index (χ2v) is 9.50. The highest BCUT2D eigenvalue weighted by Gasteiger charge is 2.52. The number of likely N-dealkylation sites (tertiary alicyclic amines) is 1. The molecule has 166 valence electrons. The highest BCUT2D eigenvalue weighted by Crippen LogP contribution is 2.42. The Labute approximate surface area is 184 Å². The summed E-state index contributed by atoms with van der Waals surface area (Å²) in [6, 6.07) is 8.17. The van der Waals surface area contributed by atoms with Crippen LogP contribution in [0.15, 0.2) is 30.6 Å². The van der Waals surface area contributed by atoms with Gasteiger partial charge in [-0.15, -0.1) is 0 Å². The Morgan fingerprint density at radius 3 is 2.84 bits per heavy atom.